The molecule has 2 rings (SSSR count). The Bertz CT molecular complexity index is 1040. The number of alkyl halides is 3. The normalized spacial score (nSPS) is 10.5. The molecule has 1 aromatic heterocycles. The second-order valence-electron chi connectivity index (χ2n) is 6.19. The van der Waals surface area contributed by atoms with E-state index in [1.54, 1.807) is 18.2 Å². The van der Waals surface area contributed by atoms with Gasteiger partial charge in [-0.15, -0.1) is 6.42 Å². The number of anilines is 1. The highest BCUT2D eigenvalue weighted by Gasteiger charge is 2.27. The van der Waals surface area contributed by atoms with Gasteiger partial charge in [0.25, 0.3) is 5.91 Å². The molecular weight excluding hydrogens is 413 g/mol. The maximum Gasteiger partial charge on any atom is 0.390 e. The maximum absolute atomic E-state index is 12.5. The van der Waals surface area contributed by atoms with Gasteiger partial charge >= 0.3 is 6.18 Å². The van der Waals surface area contributed by atoms with Crippen molar-refractivity contribution < 1.29 is 27.4 Å². The number of imidazole rings is 1. The van der Waals surface area contributed by atoms with Crippen LogP contribution in [0, 0.1) is 24.2 Å². The maximum atomic E-state index is 12.5. The zero-order valence-corrected chi connectivity index (χ0v) is 17.2. The fourth-order valence-corrected chi connectivity index (χ4v) is 2.57. The molecule has 0 fully saturated rings. The summed E-state index contributed by atoms with van der Waals surface area (Å²) in [4.78, 5) is 16.6. The number of nitrogens with zero attached hydrogens (tertiary/aromatic N) is 2. The van der Waals surface area contributed by atoms with Crippen LogP contribution in [0.25, 0.3) is 0 Å². The van der Waals surface area contributed by atoms with Crippen molar-refractivity contribution in [1.82, 2.24) is 14.9 Å². The number of amides is 1. The minimum Gasteiger partial charge on any atom is -0.493 e. The molecule has 0 saturated heterocycles. The Morgan fingerprint density at radius 1 is 1.23 bits per heavy atom. The van der Waals surface area contributed by atoms with Crippen molar-refractivity contribution in [3.8, 4) is 35.7 Å². The van der Waals surface area contributed by atoms with Crippen molar-refractivity contribution in [2.75, 3.05) is 32.6 Å². The first-order valence-corrected chi connectivity index (χ1v) is 9.03. The van der Waals surface area contributed by atoms with Crippen LogP contribution in [-0.4, -0.2) is 48.9 Å². The largest absolute Gasteiger partial charge is 0.493 e. The number of halogens is 3. The number of carbonyl (C=O) groups is 1. The van der Waals surface area contributed by atoms with E-state index in [2.05, 4.69) is 33.4 Å². The van der Waals surface area contributed by atoms with E-state index < -0.39 is 25.0 Å². The van der Waals surface area contributed by atoms with Gasteiger partial charge in [0.1, 0.15) is 0 Å². The Morgan fingerprint density at radius 3 is 2.55 bits per heavy atom. The Balaban J connectivity index is 2.37. The number of benzene rings is 1. The van der Waals surface area contributed by atoms with Crippen LogP contribution in [0.2, 0.25) is 0 Å². The van der Waals surface area contributed by atoms with Crippen LogP contribution in [0.1, 0.15) is 28.3 Å². The van der Waals surface area contributed by atoms with E-state index in [4.69, 9.17) is 15.9 Å². The average Bonchev–Trinajstić information content (AvgIpc) is 3.04. The van der Waals surface area contributed by atoms with E-state index in [1.165, 1.54) is 25.8 Å². The van der Waals surface area contributed by atoms with Gasteiger partial charge in [0.15, 0.2) is 28.8 Å². The average molecular weight is 434 g/mol. The minimum absolute atomic E-state index is 0.0158. The summed E-state index contributed by atoms with van der Waals surface area (Å²) >= 11 is 0. The second kappa shape index (κ2) is 10.3. The molecule has 0 bridgehead atoms. The molecule has 2 aromatic rings. The quantitative estimate of drug-likeness (QED) is 0.655. The first kappa shape index (κ1) is 23.5. The molecule has 0 aliphatic rings. The van der Waals surface area contributed by atoms with E-state index in [1.807, 2.05) is 0 Å². The lowest BCUT2D eigenvalue weighted by Gasteiger charge is -2.09. The molecule has 7 nitrogen and oxygen atoms in total. The highest BCUT2D eigenvalue weighted by Crippen LogP contribution is 2.27. The molecule has 0 radical (unpaired) electrons. The first-order valence-electron chi connectivity index (χ1n) is 9.03. The van der Waals surface area contributed by atoms with Crippen molar-refractivity contribution in [2.24, 2.45) is 7.05 Å². The lowest BCUT2D eigenvalue weighted by molar-refractivity contribution is -0.131. The van der Waals surface area contributed by atoms with Gasteiger partial charge in [-0.3, -0.25) is 4.79 Å². The molecule has 31 heavy (non-hydrogen) atoms. The Kier molecular flexibility index (Phi) is 7.81. The molecule has 0 aliphatic carbocycles. The summed E-state index contributed by atoms with van der Waals surface area (Å²) in [6.07, 6.45) is -0.274. The summed E-state index contributed by atoms with van der Waals surface area (Å²) < 4.78 is 49.2. The van der Waals surface area contributed by atoms with E-state index in [0.717, 1.165) is 0 Å². The Morgan fingerprint density at radius 2 is 1.94 bits per heavy atom. The first-order chi connectivity index (χ1) is 14.7. The number of hydrogen-bond donors (Lipinski definition) is 2. The third-order valence-electron chi connectivity index (χ3n) is 4.06. The number of nitrogens with one attached hydrogen (secondary N) is 2. The van der Waals surface area contributed by atoms with Crippen molar-refractivity contribution in [2.45, 2.75) is 12.6 Å². The number of hydrogen-bond acceptors (Lipinski definition) is 5. The number of carbonyl (C=O) groups excluding carboxylic acids is 1. The monoisotopic (exact) mass is 434 g/mol. The molecule has 164 valence electrons. The smallest absolute Gasteiger partial charge is 0.390 e. The number of methoxy groups -OCH3 is 2. The van der Waals surface area contributed by atoms with E-state index in [9.17, 15) is 18.0 Å². The Labute approximate surface area is 177 Å². The van der Waals surface area contributed by atoms with Gasteiger partial charge in [0, 0.05) is 19.2 Å². The molecule has 2 N–H and O–H groups in total. The fraction of sp³-hybridized carbons (Fsp3) is 0.333. The molecule has 1 amide bonds. The van der Waals surface area contributed by atoms with Gasteiger partial charge in [-0.1, -0.05) is 11.8 Å². The predicted octanol–water partition coefficient (Wildman–Crippen LogP) is 2.56. The van der Waals surface area contributed by atoms with Crippen LogP contribution in [0.15, 0.2) is 18.2 Å². The van der Waals surface area contributed by atoms with E-state index >= 15 is 0 Å². The summed E-state index contributed by atoms with van der Waals surface area (Å²) in [6.45, 7) is -0.489. The van der Waals surface area contributed by atoms with E-state index in [0.29, 0.717) is 17.1 Å². The van der Waals surface area contributed by atoms with E-state index in [-0.39, 0.29) is 23.9 Å². The highest BCUT2D eigenvalue weighted by molar-refractivity contribution is 5.97. The van der Waals surface area contributed by atoms with Gasteiger partial charge in [-0.05, 0) is 24.1 Å². The van der Waals surface area contributed by atoms with Crippen molar-refractivity contribution in [1.29, 1.82) is 0 Å². The van der Waals surface area contributed by atoms with Gasteiger partial charge in [-0.2, -0.15) is 13.2 Å². The molecule has 0 spiro atoms. The van der Waals surface area contributed by atoms with Gasteiger partial charge < -0.3 is 24.7 Å². The molecule has 1 heterocycles. The summed E-state index contributed by atoms with van der Waals surface area (Å²) in [6, 6.07) is 5.06. The molecular formula is C21H21F3N4O3. The SMILES string of the molecule is C#CCNC(=O)c1c(NCCC(F)(F)F)nc(C#Cc2ccc(OC)c(OC)c2)n1C. The molecule has 0 atom stereocenters. The number of terminal acetylenes is 1. The van der Waals surface area contributed by atoms with Gasteiger partial charge in [0.2, 0.25) is 0 Å². The lowest BCUT2D eigenvalue weighted by Crippen LogP contribution is -2.27. The lowest BCUT2D eigenvalue weighted by atomic mass is 10.2. The van der Waals surface area contributed by atoms with Crippen LogP contribution in [0.5, 0.6) is 11.5 Å². The third-order valence-corrected chi connectivity index (χ3v) is 4.06. The summed E-state index contributed by atoms with van der Waals surface area (Å²) in [5.74, 6) is 8.57. The van der Waals surface area contributed by atoms with Crippen molar-refractivity contribution in [3.63, 3.8) is 0 Å². The zero-order chi connectivity index (χ0) is 23.0. The van der Waals surface area contributed by atoms with Gasteiger partial charge in [0.05, 0.1) is 27.2 Å². The third kappa shape index (κ3) is 6.34. The minimum atomic E-state index is -4.34. The molecule has 0 aliphatic heterocycles. The van der Waals surface area contributed by atoms with Crippen LogP contribution < -0.4 is 20.1 Å². The molecule has 0 unspecified atom stereocenters. The van der Waals surface area contributed by atoms with Crippen LogP contribution >= 0.6 is 0 Å². The molecule has 10 heteroatoms. The molecule has 0 saturated carbocycles. The fourth-order valence-electron chi connectivity index (χ4n) is 2.57. The van der Waals surface area contributed by atoms with Crippen molar-refractivity contribution in [3.05, 3.63) is 35.3 Å². The summed E-state index contributed by atoms with van der Waals surface area (Å²) in [7, 11) is 4.54. The standard InChI is InChI=1S/C21H21F3N4O3/c1-5-11-26-20(29)18-19(25-12-10-21(22,23)24)27-17(28(18)2)9-7-14-6-8-15(30-3)16(13-14)31-4/h1,6,8,13,25H,10-12H2,2-4H3,(H,26,29). The number of aromatic nitrogens is 2. The molecule has 1 aromatic carbocycles. The summed E-state index contributed by atoms with van der Waals surface area (Å²) in [5, 5.41) is 5.03. The topological polar surface area (TPSA) is 77.4 Å². The van der Waals surface area contributed by atoms with Crippen LogP contribution in [0.3, 0.4) is 0 Å². The highest BCUT2D eigenvalue weighted by atomic mass is 19.4. The number of ether oxygens (including phenoxy) is 2. The zero-order valence-electron chi connectivity index (χ0n) is 17.2. The Hall–Kier alpha value is -3.79. The predicted molar refractivity (Wildman–Crippen MR) is 109 cm³/mol. The van der Waals surface area contributed by atoms with Gasteiger partial charge in [-0.25, -0.2) is 4.98 Å². The summed E-state index contributed by atoms with van der Waals surface area (Å²) in [5.41, 5.74) is 0.611. The second-order valence-corrected chi connectivity index (χ2v) is 6.19. The van der Waals surface area contributed by atoms with Crippen LogP contribution in [0.4, 0.5) is 19.0 Å². The van der Waals surface area contributed by atoms with Crippen LogP contribution in [-0.2, 0) is 7.05 Å². The number of rotatable bonds is 7. The van der Waals surface area contributed by atoms with Crippen molar-refractivity contribution >= 4 is 11.7 Å².